The van der Waals surface area contributed by atoms with Crippen LogP contribution < -0.4 is 10.6 Å². The summed E-state index contributed by atoms with van der Waals surface area (Å²) in [6, 6.07) is 14.9. The molecule has 0 aliphatic rings. The Balaban J connectivity index is 1.89. The molecule has 1 aromatic heterocycles. The maximum Gasteiger partial charge on any atom is 0.238 e. The molecule has 0 aliphatic heterocycles. The van der Waals surface area contributed by atoms with Crippen LogP contribution >= 0.6 is 0 Å². The van der Waals surface area contributed by atoms with Gasteiger partial charge in [0, 0.05) is 40.1 Å². The van der Waals surface area contributed by atoms with Crippen LogP contribution in [0.15, 0.2) is 42.5 Å². The van der Waals surface area contributed by atoms with Crippen LogP contribution in [0.2, 0.25) is 0 Å². The molecule has 4 nitrogen and oxygen atoms in total. The number of aromatic nitrogens is 1. The maximum atomic E-state index is 12.1. The zero-order valence-corrected chi connectivity index (χ0v) is 14.6. The van der Waals surface area contributed by atoms with Crippen molar-refractivity contribution in [3.8, 4) is 0 Å². The molecule has 126 valence electrons. The van der Waals surface area contributed by atoms with Crippen molar-refractivity contribution in [3.63, 3.8) is 0 Å². The number of benzene rings is 2. The average molecular weight is 323 g/mol. The molecule has 1 atom stereocenters. The minimum absolute atomic E-state index is 0.00567. The molecule has 1 amide bonds. The summed E-state index contributed by atoms with van der Waals surface area (Å²) in [5.41, 5.74) is 3.28. The Labute approximate surface area is 142 Å². The number of amides is 1. The first-order chi connectivity index (χ1) is 11.6. The van der Waals surface area contributed by atoms with Crippen molar-refractivity contribution in [2.45, 2.75) is 39.8 Å². The molecule has 0 fully saturated rings. The Morgan fingerprint density at radius 2 is 1.83 bits per heavy atom. The predicted molar refractivity (Wildman–Crippen MR) is 102 cm³/mol. The van der Waals surface area contributed by atoms with Gasteiger partial charge in [-0.15, -0.1) is 0 Å². The first kappa shape index (κ1) is 16.5. The summed E-state index contributed by atoms with van der Waals surface area (Å²) < 4.78 is 2.31. The van der Waals surface area contributed by atoms with Crippen molar-refractivity contribution in [3.05, 3.63) is 42.5 Å². The molecule has 24 heavy (non-hydrogen) atoms. The van der Waals surface area contributed by atoms with E-state index in [2.05, 4.69) is 72.4 Å². The number of rotatable bonds is 6. The largest absolute Gasteiger partial charge is 0.341 e. The lowest BCUT2D eigenvalue weighted by molar-refractivity contribution is -0.115. The molecule has 3 aromatic rings. The number of hydrogen-bond donors (Lipinski definition) is 2. The van der Waals surface area contributed by atoms with Crippen LogP contribution in [0.4, 0.5) is 5.69 Å². The van der Waals surface area contributed by atoms with Gasteiger partial charge in [-0.3, -0.25) is 4.79 Å². The van der Waals surface area contributed by atoms with Crippen LogP contribution in [0.3, 0.4) is 0 Å². The molecule has 3 rings (SSSR count). The fraction of sp³-hybridized carbons (Fsp3) is 0.350. The number of nitrogens with one attached hydrogen (secondary N) is 2. The number of nitrogens with zero attached hydrogens (tertiary/aromatic N) is 1. The molecule has 2 aromatic carbocycles. The number of aryl methyl sites for hydroxylation is 1. The van der Waals surface area contributed by atoms with Gasteiger partial charge in [-0.1, -0.05) is 25.1 Å². The van der Waals surface area contributed by atoms with E-state index in [1.807, 2.05) is 6.07 Å². The van der Waals surface area contributed by atoms with Gasteiger partial charge in [-0.25, -0.2) is 0 Å². The highest BCUT2D eigenvalue weighted by molar-refractivity contribution is 6.09. The number of carbonyl (C=O) groups excluding carboxylic acids is 1. The van der Waals surface area contributed by atoms with Gasteiger partial charge in [-0.2, -0.15) is 0 Å². The van der Waals surface area contributed by atoms with Crippen molar-refractivity contribution in [1.29, 1.82) is 0 Å². The van der Waals surface area contributed by atoms with E-state index in [1.165, 1.54) is 21.8 Å². The second-order valence-electron chi connectivity index (χ2n) is 6.23. The quantitative estimate of drug-likeness (QED) is 0.716. The van der Waals surface area contributed by atoms with Crippen LogP contribution in [-0.2, 0) is 11.3 Å². The van der Waals surface area contributed by atoms with Crippen molar-refractivity contribution >= 4 is 33.4 Å². The van der Waals surface area contributed by atoms with Gasteiger partial charge in [0.05, 0.1) is 6.54 Å². The normalized spacial score (nSPS) is 12.6. The third-order valence-corrected chi connectivity index (χ3v) is 4.60. The molecule has 4 heteroatoms. The van der Waals surface area contributed by atoms with E-state index < -0.39 is 0 Å². The number of para-hydroxylation sites is 1. The fourth-order valence-corrected chi connectivity index (χ4v) is 3.09. The molecule has 0 aliphatic carbocycles. The highest BCUT2D eigenvalue weighted by atomic mass is 16.1. The van der Waals surface area contributed by atoms with Gasteiger partial charge >= 0.3 is 0 Å². The van der Waals surface area contributed by atoms with Crippen LogP contribution in [-0.4, -0.2) is 23.1 Å². The molecule has 0 saturated carbocycles. The number of hydrogen-bond acceptors (Lipinski definition) is 2. The van der Waals surface area contributed by atoms with E-state index in [-0.39, 0.29) is 5.91 Å². The van der Waals surface area contributed by atoms with Crippen molar-refractivity contribution in [2.75, 3.05) is 11.9 Å². The Bertz CT molecular complexity index is 866. The van der Waals surface area contributed by atoms with E-state index in [1.54, 1.807) is 0 Å². The lowest BCUT2D eigenvalue weighted by Crippen LogP contribution is -2.33. The number of carbonyl (C=O) groups is 1. The molecule has 0 radical (unpaired) electrons. The molecular formula is C20H25N3O. The van der Waals surface area contributed by atoms with Crippen LogP contribution in [0.1, 0.15) is 27.2 Å². The van der Waals surface area contributed by atoms with E-state index in [0.29, 0.717) is 12.6 Å². The summed E-state index contributed by atoms with van der Waals surface area (Å²) in [7, 11) is 0. The molecular weight excluding hydrogens is 298 g/mol. The smallest absolute Gasteiger partial charge is 0.238 e. The summed E-state index contributed by atoms with van der Waals surface area (Å²) in [4.78, 5) is 12.1. The first-order valence-electron chi connectivity index (χ1n) is 8.68. The van der Waals surface area contributed by atoms with E-state index in [9.17, 15) is 4.79 Å². The minimum Gasteiger partial charge on any atom is -0.341 e. The van der Waals surface area contributed by atoms with Crippen molar-refractivity contribution in [2.24, 2.45) is 0 Å². The topological polar surface area (TPSA) is 46.1 Å². The summed E-state index contributed by atoms with van der Waals surface area (Å²) in [5.74, 6) is -0.00567. The maximum absolute atomic E-state index is 12.1. The van der Waals surface area contributed by atoms with Gasteiger partial charge in [-0.05, 0) is 44.5 Å². The third kappa shape index (κ3) is 3.15. The van der Waals surface area contributed by atoms with Crippen LogP contribution in [0.5, 0.6) is 0 Å². The lowest BCUT2D eigenvalue weighted by Gasteiger charge is -2.11. The predicted octanol–water partition coefficient (Wildman–Crippen LogP) is 4.14. The average Bonchev–Trinajstić information content (AvgIpc) is 2.92. The molecule has 0 saturated heterocycles. The minimum atomic E-state index is -0.00567. The molecule has 1 unspecified atom stereocenters. The Morgan fingerprint density at radius 1 is 1.08 bits per heavy atom. The van der Waals surface area contributed by atoms with Crippen LogP contribution in [0, 0.1) is 0 Å². The third-order valence-electron chi connectivity index (χ3n) is 4.60. The summed E-state index contributed by atoms with van der Waals surface area (Å²) in [6.07, 6.45) is 1.01. The second kappa shape index (κ2) is 7.05. The standard InChI is InChI=1S/C20H25N3O/c1-4-14(3)21-13-20(24)22-15-10-11-19-17(12-15)16-8-6-7-9-18(16)23(19)5-2/h6-12,14,21H,4-5,13H2,1-3H3,(H,22,24). The van der Waals surface area contributed by atoms with Gasteiger partial charge in [0.1, 0.15) is 0 Å². The van der Waals surface area contributed by atoms with E-state index >= 15 is 0 Å². The summed E-state index contributed by atoms with van der Waals surface area (Å²) in [6.45, 7) is 7.60. The zero-order chi connectivity index (χ0) is 17.1. The van der Waals surface area contributed by atoms with Crippen LogP contribution in [0.25, 0.3) is 21.8 Å². The number of anilines is 1. The fourth-order valence-electron chi connectivity index (χ4n) is 3.09. The van der Waals surface area contributed by atoms with Gasteiger partial charge in [0.15, 0.2) is 0 Å². The van der Waals surface area contributed by atoms with Crippen molar-refractivity contribution < 1.29 is 4.79 Å². The van der Waals surface area contributed by atoms with Gasteiger partial charge in [0.25, 0.3) is 0 Å². The summed E-state index contributed by atoms with van der Waals surface area (Å²) >= 11 is 0. The number of fused-ring (bicyclic) bond motifs is 3. The highest BCUT2D eigenvalue weighted by Gasteiger charge is 2.11. The Morgan fingerprint density at radius 3 is 2.58 bits per heavy atom. The highest BCUT2D eigenvalue weighted by Crippen LogP contribution is 2.30. The SMILES string of the molecule is CCC(C)NCC(=O)Nc1ccc2c(c1)c1ccccc1n2CC. The van der Waals surface area contributed by atoms with Crippen molar-refractivity contribution in [1.82, 2.24) is 9.88 Å². The van der Waals surface area contributed by atoms with Gasteiger partial charge in [0.2, 0.25) is 5.91 Å². The van der Waals surface area contributed by atoms with E-state index in [0.717, 1.165) is 18.7 Å². The Kier molecular flexibility index (Phi) is 4.86. The molecule has 0 bridgehead atoms. The van der Waals surface area contributed by atoms with E-state index in [4.69, 9.17) is 0 Å². The lowest BCUT2D eigenvalue weighted by atomic mass is 10.1. The molecule has 1 heterocycles. The Hall–Kier alpha value is -2.33. The molecule has 0 spiro atoms. The molecule has 2 N–H and O–H groups in total. The summed E-state index contributed by atoms with van der Waals surface area (Å²) in [5, 5.41) is 8.62. The zero-order valence-electron chi connectivity index (χ0n) is 14.6. The second-order valence-corrected chi connectivity index (χ2v) is 6.23. The monoisotopic (exact) mass is 323 g/mol. The first-order valence-corrected chi connectivity index (χ1v) is 8.68. The van der Waals surface area contributed by atoms with Gasteiger partial charge < -0.3 is 15.2 Å².